The highest BCUT2D eigenvalue weighted by Gasteiger charge is 2.10. The van der Waals surface area contributed by atoms with Crippen molar-refractivity contribution in [3.8, 4) is 5.88 Å². The van der Waals surface area contributed by atoms with Gasteiger partial charge in [-0.05, 0) is 41.1 Å². The van der Waals surface area contributed by atoms with Crippen LogP contribution in [0.4, 0.5) is 26.0 Å². The summed E-state index contributed by atoms with van der Waals surface area (Å²) in [7, 11) is 0. The minimum Gasteiger partial charge on any atom is -0.476 e. The van der Waals surface area contributed by atoms with Gasteiger partial charge >= 0.3 is 0 Å². The van der Waals surface area contributed by atoms with Gasteiger partial charge in [-0.1, -0.05) is 0 Å². The van der Waals surface area contributed by atoms with Gasteiger partial charge in [0.25, 0.3) is 0 Å². The summed E-state index contributed by atoms with van der Waals surface area (Å²) in [6.07, 6.45) is 0. The van der Waals surface area contributed by atoms with Gasteiger partial charge in [0.1, 0.15) is 17.5 Å². The molecule has 106 valence electrons. The van der Waals surface area contributed by atoms with E-state index in [0.717, 1.165) is 12.1 Å². The van der Waals surface area contributed by atoms with Gasteiger partial charge in [-0.2, -0.15) is 4.98 Å². The summed E-state index contributed by atoms with van der Waals surface area (Å²) in [5.74, 6) is -0.622. The number of halogens is 3. The van der Waals surface area contributed by atoms with Crippen molar-refractivity contribution in [2.75, 3.05) is 17.7 Å². The van der Waals surface area contributed by atoms with Crippen molar-refractivity contribution in [1.82, 2.24) is 4.98 Å². The highest BCUT2D eigenvalue weighted by molar-refractivity contribution is 9.10. The molecule has 2 aromatic rings. The maximum atomic E-state index is 13.7. The van der Waals surface area contributed by atoms with E-state index in [2.05, 4.69) is 26.2 Å². The molecule has 0 unspecified atom stereocenters. The lowest BCUT2D eigenvalue weighted by Gasteiger charge is -2.11. The van der Waals surface area contributed by atoms with Gasteiger partial charge in [-0.3, -0.25) is 0 Å². The average Bonchev–Trinajstić information content (AvgIpc) is 2.40. The first-order chi connectivity index (χ1) is 9.51. The van der Waals surface area contributed by atoms with Crippen LogP contribution in [0.25, 0.3) is 0 Å². The Morgan fingerprint density at radius 3 is 2.75 bits per heavy atom. The maximum absolute atomic E-state index is 13.7. The second-order valence-corrected chi connectivity index (χ2v) is 4.75. The quantitative estimate of drug-likeness (QED) is 0.828. The Kier molecular flexibility index (Phi) is 4.39. The van der Waals surface area contributed by atoms with Crippen molar-refractivity contribution < 1.29 is 13.5 Å². The topological polar surface area (TPSA) is 60.2 Å². The molecular weight excluding hydrogens is 332 g/mol. The molecule has 4 nitrogen and oxygen atoms in total. The number of nitrogens with one attached hydrogen (secondary N) is 1. The van der Waals surface area contributed by atoms with Crippen LogP contribution in [0.1, 0.15) is 6.92 Å². The zero-order valence-electron chi connectivity index (χ0n) is 10.6. The fraction of sp³-hybridized carbons (Fsp3) is 0.154. The zero-order chi connectivity index (χ0) is 14.7. The first-order valence-electron chi connectivity index (χ1n) is 5.82. The summed E-state index contributed by atoms with van der Waals surface area (Å²) in [5, 5.41) is 2.68. The van der Waals surface area contributed by atoms with E-state index in [0.29, 0.717) is 18.1 Å². The number of nitrogens with two attached hydrogens (primary N) is 1. The molecule has 2 rings (SSSR count). The number of rotatable bonds is 4. The molecule has 0 saturated heterocycles. The number of hydrogen-bond acceptors (Lipinski definition) is 4. The van der Waals surface area contributed by atoms with Crippen molar-refractivity contribution >= 4 is 33.1 Å². The average molecular weight is 344 g/mol. The standard InChI is InChI=1S/C13H12BrF2N3O/c1-2-20-13-10(17)3-4-12(19-13)18-11-6-8(15)7(14)5-9(11)16/h3-6H,2,17H2,1H3,(H,18,19). The molecule has 1 aromatic heterocycles. The van der Waals surface area contributed by atoms with Crippen LogP contribution in [-0.2, 0) is 0 Å². The van der Waals surface area contributed by atoms with Gasteiger partial charge in [0.2, 0.25) is 5.88 Å². The van der Waals surface area contributed by atoms with Gasteiger partial charge in [0.05, 0.1) is 22.5 Å². The molecule has 1 aromatic carbocycles. The Labute approximate surface area is 123 Å². The fourth-order valence-electron chi connectivity index (χ4n) is 1.53. The third-order valence-electron chi connectivity index (χ3n) is 2.44. The molecule has 20 heavy (non-hydrogen) atoms. The number of nitrogens with zero attached hydrogens (tertiary/aromatic N) is 1. The van der Waals surface area contributed by atoms with Crippen LogP contribution in [0.2, 0.25) is 0 Å². The van der Waals surface area contributed by atoms with E-state index in [1.54, 1.807) is 19.1 Å². The SMILES string of the molecule is CCOc1nc(Nc2cc(F)c(Br)cc2F)ccc1N. The normalized spacial score (nSPS) is 10.4. The number of nitrogen functional groups attached to an aromatic ring is 1. The number of anilines is 3. The van der Waals surface area contributed by atoms with E-state index in [1.807, 2.05) is 0 Å². The van der Waals surface area contributed by atoms with E-state index >= 15 is 0 Å². The van der Waals surface area contributed by atoms with Gasteiger partial charge in [-0.25, -0.2) is 8.78 Å². The summed E-state index contributed by atoms with van der Waals surface area (Å²) in [6, 6.07) is 5.21. The monoisotopic (exact) mass is 343 g/mol. The van der Waals surface area contributed by atoms with Crippen LogP contribution in [0.5, 0.6) is 5.88 Å². The lowest BCUT2D eigenvalue weighted by molar-refractivity contribution is 0.329. The molecule has 3 N–H and O–H groups in total. The molecule has 0 atom stereocenters. The fourth-order valence-corrected chi connectivity index (χ4v) is 1.84. The number of aromatic nitrogens is 1. The van der Waals surface area contributed by atoms with Crippen LogP contribution in [0.15, 0.2) is 28.7 Å². The molecule has 0 aliphatic carbocycles. The lowest BCUT2D eigenvalue weighted by atomic mass is 10.3. The van der Waals surface area contributed by atoms with E-state index in [-0.39, 0.29) is 16.0 Å². The predicted molar refractivity (Wildman–Crippen MR) is 77.2 cm³/mol. The highest BCUT2D eigenvalue weighted by Crippen LogP contribution is 2.27. The van der Waals surface area contributed by atoms with E-state index < -0.39 is 11.6 Å². The third kappa shape index (κ3) is 3.16. The third-order valence-corrected chi connectivity index (χ3v) is 3.05. The maximum Gasteiger partial charge on any atom is 0.239 e. The first-order valence-corrected chi connectivity index (χ1v) is 6.61. The molecule has 0 saturated carbocycles. The predicted octanol–water partition coefficient (Wildman–Crippen LogP) is 3.85. The molecule has 0 amide bonds. The second-order valence-electron chi connectivity index (χ2n) is 3.90. The minimum absolute atomic E-state index is 0.0228. The Morgan fingerprint density at radius 2 is 2.05 bits per heavy atom. The molecule has 0 fully saturated rings. The van der Waals surface area contributed by atoms with Crippen molar-refractivity contribution in [3.05, 3.63) is 40.4 Å². The molecule has 0 spiro atoms. The van der Waals surface area contributed by atoms with Gasteiger partial charge in [0.15, 0.2) is 0 Å². The zero-order valence-corrected chi connectivity index (χ0v) is 12.2. The summed E-state index contributed by atoms with van der Waals surface area (Å²) < 4.78 is 32.4. The van der Waals surface area contributed by atoms with Gasteiger partial charge < -0.3 is 15.8 Å². The Hall–Kier alpha value is -1.89. The van der Waals surface area contributed by atoms with Crippen molar-refractivity contribution in [2.24, 2.45) is 0 Å². The Bertz CT molecular complexity index is 637. The highest BCUT2D eigenvalue weighted by atomic mass is 79.9. The Morgan fingerprint density at radius 1 is 1.30 bits per heavy atom. The largest absolute Gasteiger partial charge is 0.476 e. The van der Waals surface area contributed by atoms with Crippen LogP contribution < -0.4 is 15.8 Å². The molecule has 0 radical (unpaired) electrons. The van der Waals surface area contributed by atoms with Crippen LogP contribution >= 0.6 is 15.9 Å². The summed E-state index contributed by atoms with van der Waals surface area (Å²) >= 11 is 2.91. The number of ether oxygens (including phenoxy) is 1. The van der Waals surface area contributed by atoms with Crippen LogP contribution in [0, 0.1) is 11.6 Å². The van der Waals surface area contributed by atoms with E-state index in [1.165, 1.54) is 0 Å². The van der Waals surface area contributed by atoms with Gasteiger partial charge in [-0.15, -0.1) is 0 Å². The first kappa shape index (κ1) is 14.5. The van der Waals surface area contributed by atoms with Crippen molar-refractivity contribution in [2.45, 2.75) is 6.92 Å². The molecule has 0 bridgehead atoms. The van der Waals surface area contributed by atoms with Crippen LogP contribution in [0.3, 0.4) is 0 Å². The number of pyridine rings is 1. The molecule has 1 heterocycles. The second kappa shape index (κ2) is 6.04. The van der Waals surface area contributed by atoms with E-state index in [9.17, 15) is 8.78 Å². The minimum atomic E-state index is -0.602. The smallest absolute Gasteiger partial charge is 0.239 e. The Balaban J connectivity index is 2.30. The lowest BCUT2D eigenvalue weighted by Crippen LogP contribution is -2.03. The molecule has 7 heteroatoms. The number of hydrogen-bond donors (Lipinski definition) is 2. The van der Waals surface area contributed by atoms with E-state index in [4.69, 9.17) is 10.5 Å². The summed E-state index contributed by atoms with van der Waals surface area (Å²) in [6.45, 7) is 2.20. The molecule has 0 aliphatic rings. The molecule has 0 aliphatic heterocycles. The summed E-state index contributed by atoms with van der Waals surface area (Å²) in [5.41, 5.74) is 6.04. The van der Waals surface area contributed by atoms with Crippen LogP contribution in [-0.4, -0.2) is 11.6 Å². The van der Waals surface area contributed by atoms with Gasteiger partial charge in [0, 0.05) is 6.07 Å². The summed E-state index contributed by atoms with van der Waals surface area (Å²) in [4.78, 5) is 4.09. The van der Waals surface area contributed by atoms with Crippen molar-refractivity contribution in [3.63, 3.8) is 0 Å². The number of benzene rings is 1. The van der Waals surface area contributed by atoms with Crippen molar-refractivity contribution in [1.29, 1.82) is 0 Å². The molecular formula is C13H12BrF2N3O.